The van der Waals surface area contributed by atoms with E-state index in [-0.39, 0.29) is 17.7 Å². The molecule has 2 N–H and O–H groups in total. The van der Waals surface area contributed by atoms with Crippen LogP contribution in [-0.2, 0) is 22.4 Å². The van der Waals surface area contributed by atoms with Crippen molar-refractivity contribution in [1.82, 2.24) is 15.1 Å². The number of hydrogen-bond acceptors (Lipinski definition) is 3. The number of fused-ring (bicyclic) bond motifs is 1. The summed E-state index contributed by atoms with van der Waals surface area (Å²) in [6, 6.07) is 17.7. The molecule has 148 valence electrons. The first kappa shape index (κ1) is 18.9. The van der Waals surface area contributed by atoms with Gasteiger partial charge in [0.1, 0.15) is 0 Å². The van der Waals surface area contributed by atoms with Crippen LogP contribution in [0.25, 0.3) is 5.69 Å². The maximum Gasteiger partial charge on any atom is 0.227 e. The minimum Gasteiger partial charge on any atom is -0.356 e. The van der Waals surface area contributed by atoms with E-state index in [0.29, 0.717) is 25.8 Å². The highest BCUT2D eigenvalue weighted by molar-refractivity contribution is 5.96. The largest absolute Gasteiger partial charge is 0.356 e. The summed E-state index contributed by atoms with van der Waals surface area (Å²) in [5.74, 6) is -0.170. The smallest absolute Gasteiger partial charge is 0.227 e. The van der Waals surface area contributed by atoms with Crippen LogP contribution < -0.4 is 10.6 Å². The van der Waals surface area contributed by atoms with Crippen molar-refractivity contribution < 1.29 is 9.59 Å². The minimum absolute atomic E-state index is 0.00447. The second-order valence-corrected chi connectivity index (χ2v) is 7.31. The molecule has 0 fully saturated rings. The fourth-order valence-electron chi connectivity index (χ4n) is 3.60. The van der Waals surface area contributed by atoms with E-state index in [1.54, 1.807) is 0 Å². The molecule has 0 spiro atoms. The van der Waals surface area contributed by atoms with Gasteiger partial charge in [0.15, 0.2) is 0 Å². The highest BCUT2D eigenvalue weighted by Gasteiger charge is 2.26. The highest BCUT2D eigenvalue weighted by Crippen LogP contribution is 2.27. The number of amides is 2. The summed E-state index contributed by atoms with van der Waals surface area (Å²) >= 11 is 0. The average molecular weight is 388 g/mol. The number of benzene rings is 2. The molecule has 3 aromatic rings. The van der Waals surface area contributed by atoms with Crippen LogP contribution in [-0.4, -0.2) is 28.1 Å². The summed E-state index contributed by atoms with van der Waals surface area (Å²) in [6.45, 7) is 0.555. The molecule has 29 heavy (non-hydrogen) atoms. The second kappa shape index (κ2) is 8.73. The lowest BCUT2D eigenvalue weighted by Gasteiger charge is -2.24. The lowest BCUT2D eigenvalue weighted by Crippen LogP contribution is -2.32. The van der Waals surface area contributed by atoms with Gasteiger partial charge in [-0.3, -0.25) is 9.59 Å². The van der Waals surface area contributed by atoms with Crippen molar-refractivity contribution in [3.8, 4) is 5.69 Å². The first-order valence-corrected chi connectivity index (χ1v) is 9.93. The maximum absolute atomic E-state index is 12.2. The summed E-state index contributed by atoms with van der Waals surface area (Å²) < 4.78 is 1.83. The van der Waals surface area contributed by atoms with E-state index in [9.17, 15) is 9.59 Å². The topological polar surface area (TPSA) is 76.0 Å². The third-order valence-electron chi connectivity index (χ3n) is 5.22. The number of hydrogen-bond donors (Lipinski definition) is 2. The maximum atomic E-state index is 12.2. The Bertz CT molecular complexity index is 997. The molecule has 0 saturated carbocycles. The normalized spacial score (nSPS) is 15.4. The third kappa shape index (κ3) is 4.71. The summed E-state index contributed by atoms with van der Waals surface area (Å²) in [5, 5.41) is 10.2. The van der Waals surface area contributed by atoms with Gasteiger partial charge in [-0.1, -0.05) is 36.4 Å². The lowest BCUT2D eigenvalue weighted by molar-refractivity contribution is -0.122. The van der Waals surface area contributed by atoms with Gasteiger partial charge in [0, 0.05) is 30.8 Å². The van der Waals surface area contributed by atoms with Gasteiger partial charge >= 0.3 is 0 Å². The van der Waals surface area contributed by atoms with Gasteiger partial charge in [-0.15, -0.1) is 0 Å². The zero-order chi connectivity index (χ0) is 20.1. The van der Waals surface area contributed by atoms with Crippen LogP contribution in [0.5, 0.6) is 0 Å². The molecule has 2 amide bonds. The molecule has 2 heterocycles. The van der Waals surface area contributed by atoms with Gasteiger partial charge in [-0.2, -0.15) is 5.10 Å². The van der Waals surface area contributed by atoms with Gasteiger partial charge in [0.2, 0.25) is 11.8 Å². The molecular weight excluding hydrogens is 364 g/mol. The standard InChI is InChI=1S/C23H24N4O2/c28-22(11-10-19-14-18-6-4-5-9-21(18)26-23(19)29)24-13-12-17-15-25-27(16-17)20-7-2-1-3-8-20/h1-9,15-16,19H,10-14H2,(H,24,28)(H,26,29). The van der Waals surface area contributed by atoms with E-state index in [0.717, 1.165) is 28.9 Å². The minimum atomic E-state index is -0.153. The second-order valence-electron chi connectivity index (χ2n) is 7.31. The number of aromatic nitrogens is 2. The van der Waals surface area contributed by atoms with E-state index < -0.39 is 0 Å². The highest BCUT2D eigenvalue weighted by atomic mass is 16.2. The fourth-order valence-corrected chi connectivity index (χ4v) is 3.60. The molecule has 0 aliphatic carbocycles. The van der Waals surface area contributed by atoms with Crippen molar-refractivity contribution in [1.29, 1.82) is 0 Å². The van der Waals surface area contributed by atoms with Gasteiger partial charge in [0.05, 0.1) is 11.9 Å². The zero-order valence-corrected chi connectivity index (χ0v) is 16.2. The Morgan fingerprint density at radius 2 is 1.93 bits per heavy atom. The molecule has 6 nitrogen and oxygen atoms in total. The van der Waals surface area contributed by atoms with Crippen molar-refractivity contribution in [3.05, 3.63) is 78.1 Å². The number of carbonyl (C=O) groups is 2. The van der Waals surface area contributed by atoms with Crippen LogP contribution >= 0.6 is 0 Å². The number of nitrogens with zero attached hydrogens (tertiary/aromatic N) is 2. The SMILES string of the molecule is O=C(CCC1Cc2ccccc2NC1=O)NCCc1cnn(-c2ccccc2)c1. The molecule has 2 aromatic carbocycles. The van der Waals surface area contributed by atoms with Crippen LogP contribution in [0.15, 0.2) is 67.0 Å². The van der Waals surface area contributed by atoms with Crippen LogP contribution in [0.2, 0.25) is 0 Å². The number of rotatable bonds is 7. The van der Waals surface area contributed by atoms with E-state index in [1.807, 2.05) is 71.7 Å². The summed E-state index contributed by atoms with van der Waals surface area (Å²) in [5.41, 5.74) is 4.09. The predicted molar refractivity (Wildman–Crippen MR) is 112 cm³/mol. The molecule has 1 unspecified atom stereocenters. The molecule has 1 aliphatic heterocycles. The van der Waals surface area contributed by atoms with Gasteiger partial charge in [-0.05, 0) is 48.6 Å². The molecular formula is C23H24N4O2. The molecule has 1 aliphatic rings. The number of para-hydroxylation sites is 2. The van der Waals surface area contributed by atoms with Crippen molar-refractivity contribution in [2.45, 2.75) is 25.7 Å². The summed E-state index contributed by atoms with van der Waals surface area (Å²) in [4.78, 5) is 24.4. The van der Waals surface area contributed by atoms with Crippen LogP contribution in [0.1, 0.15) is 24.0 Å². The van der Waals surface area contributed by atoms with E-state index in [2.05, 4.69) is 15.7 Å². The van der Waals surface area contributed by atoms with Crippen molar-refractivity contribution in [2.24, 2.45) is 5.92 Å². The molecule has 6 heteroatoms. The zero-order valence-electron chi connectivity index (χ0n) is 16.2. The number of anilines is 1. The Labute approximate surface area is 169 Å². The Morgan fingerprint density at radius 1 is 1.14 bits per heavy atom. The molecule has 1 aromatic heterocycles. The Morgan fingerprint density at radius 3 is 2.79 bits per heavy atom. The van der Waals surface area contributed by atoms with E-state index >= 15 is 0 Å². The van der Waals surface area contributed by atoms with Crippen molar-refractivity contribution >= 4 is 17.5 Å². The molecule has 4 rings (SSSR count). The Kier molecular flexibility index (Phi) is 5.70. The fraction of sp³-hybridized carbons (Fsp3) is 0.261. The average Bonchev–Trinajstić information content (AvgIpc) is 3.22. The van der Waals surface area contributed by atoms with Gasteiger partial charge < -0.3 is 10.6 Å². The first-order valence-electron chi connectivity index (χ1n) is 9.93. The molecule has 1 atom stereocenters. The van der Waals surface area contributed by atoms with Crippen LogP contribution in [0, 0.1) is 5.92 Å². The van der Waals surface area contributed by atoms with Gasteiger partial charge in [0.25, 0.3) is 0 Å². The van der Waals surface area contributed by atoms with Crippen molar-refractivity contribution in [2.75, 3.05) is 11.9 Å². The first-order chi connectivity index (χ1) is 14.2. The van der Waals surface area contributed by atoms with Crippen LogP contribution in [0.4, 0.5) is 5.69 Å². The quantitative estimate of drug-likeness (QED) is 0.653. The van der Waals surface area contributed by atoms with Crippen molar-refractivity contribution in [3.63, 3.8) is 0 Å². The third-order valence-corrected chi connectivity index (χ3v) is 5.22. The number of carbonyl (C=O) groups excluding carboxylic acids is 2. The number of nitrogens with one attached hydrogen (secondary N) is 2. The summed E-state index contributed by atoms with van der Waals surface area (Å²) in [6.07, 6.45) is 6.11. The Hall–Kier alpha value is -3.41. The molecule has 0 saturated heterocycles. The monoisotopic (exact) mass is 388 g/mol. The summed E-state index contributed by atoms with van der Waals surface area (Å²) in [7, 11) is 0. The van der Waals surface area contributed by atoms with E-state index in [4.69, 9.17) is 0 Å². The Balaban J connectivity index is 1.21. The molecule has 0 radical (unpaired) electrons. The van der Waals surface area contributed by atoms with Gasteiger partial charge in [-0.25, -0.2) is 4.68 Å². The van der Waals surface area contributed by atoms with E-state index in [1.165, 1.54) is 0 Å². The lowest BCUT2D eigenvalue weighted by atomic mass is 9.89. The molecule has 0 bridgehead atoms. The van der Waals surface area contributed by atoms with Crippen LogP contribution in [0.3, 0.4) is 0 Å². The predicted octanol–water partition coefficient (Wildman–Crippen LogP) is 3.12.